The van der Waals surface area contributed by atoms with Crippen LogP contribution in [-0.4, -0.2) is 42.3 Å². The van der Waals surface area contributed by atoms with Crippen molar-refractivity contribution in [2.24, 2.45) is 11.8 Å². The number of amides is 2. The van der Waals surface area contributed by atoms with Crippen molar-refractivity contribution in [3.8, 4) is 0 Å². The van der Waals surface area contributed by atoms with E-state index in [1.54, 1.807) is 0 Å². The van der Waals surface area contributed by atoms with E-state index in [1.807, 2.05) is 0 Å². The van der Waals surface area contributed by atoms with Crippen LogP contribution in [-0.2, 0) is 13.1 Å². The van der Waals surface area contributed by atoms with Gasteiger partial charge in [0.25, 0.3) is 0 Å². The maximum atomic E-state index is 11.6. The third-order valence-electron chi connectivity index (χ3n) is 4.45. The van der Waals surface area contributed by atoms with Gasteiger partial charge >= 0.3 is 6.03 Å². The molecule has 1 fully saturated rings. The number of benzene rings is 1. The third kappa shape index (κ3) is 6.49. The van der Waals surface area contributed by atoms with E-state index in [-0.39, 0.29) is 12.6 Å². The zero-order chi connectivity index (χ0) is 17.4. The second-order valence-electron chi connectivity index (χ2n) is 7.14. The number of nitrogens with one attached hydrogen (secondary N) is 2. The van der Waals surface area contributed by atoms with E-state index in [0.29, 0.717) is 19.5 Å². The van der Waals surface area contributed by atoms with Crippen LogP contribution in [0.1, 0.15) is 37.8 Å². The summed E-state index contributed by atoms with van der Waals surface area (Å²) in [6.07, 6.45) is 1.91. The second-order valence-corrected chi connectivity index (χ2v) is 7.14. The third-order valence-corrected chi connectivity index (χ3v) is 4.45. The first kappa shape index (κ1) is 18.7. The molecule has 2 unspecified atom stereocenters. The van der Waals surface area contributed by atoms with Gasteiger partial charge in [-0.05, 0) is 35.8 Å². The summed E-state index contributed by atoms with van der Waals surface area (Å²) in [6.45, 7) is 9.15. The standard InChI is InChI=1S/C19H31N3O2/c1-15-10-16(2)13-22(12-15)14-18-6-4-17(5-7-18)11-21-19(24)20-8-3-9-23/h4-7,15-16,23H,3,8-14H2,1-2H3,(H2,20,21,24). The smallest absolute Gasteiger partial charge is 0.315 e. The molecule has 1 aromatic rings. The first-order chi connectivity index (χ1) is 11.6. The van der Waals surface area contributed by atoms with Gasteiger partial charge in [-0.15, -0.1) is 0 Å². The first-order valence-electron chi connectivity index (χ1n) is 8.99. The van der Waals surface area contributed by atoms with E-state index in [0.717, 1.165) is 23.9 Å². The minimum atomic E-state index is -0.191. The lowest BCUT2D eigenvalue weighted by molar-refractivity contribution is 0.134. The van der Waals surface area contributed by atoms with Crippen LogP contribution < -0.4 is 10.6 Å². The van der Waals surface area contributed by atoms with Gasteiger partial charge < -0.3 is 15.7 Å². The fourth-order valence-electron chi connectivity index (χ4n) is 3.47. The van der Waals surface area contributed by atoms with Crippen molar-refractivity contribution in [3.63, 3.8) is 0 Å². The maximum Gasteiger partial charge on any atom is 0.315 e. The zero-order valence-electron chi connectivity index (χ0n) is 14.9. The average Bonchev–Trinajstić information content (AvgIpc) is 2.53. The predicted octanol–water partition coefficient (Wildman–Crippen LogP) is 2.35. The number of nitrogens with zero attached hydrogens (tertiary/aromatic N) is 1. The summed E-state index contributed by atoms with van der Waals surface area (Å²) >= 11 is 0. The van der Waals surface area contributed by atoms with Crippen LogP contribution in [0.3, 0.4) is 0 Å². The largest absolute Gasteiger partial charge is 0.396 e. The summed E-state index contributed by atoms with van der Waals surface area (Å²) < 4.78 is 0. The Balaban J connectivity index is 1.75. The molecule has 5 heteroatoms. The molecule has 0 radical (unpaired) electrons. The van der Waals surface area contributed by atoms with Crippen molar-refractivity contribution in [1.29, 1.82) is 0 Å². The Labute approximate surface area is 145 Å². The van der Waals surface area contributed by atoms with Crippen LogP contribution in [0.2, 0.25) is 0 Å². The lowest BCUT2D eigenvalue weighted by Gasteiger charge is -2.35. The van der Waals surface area contributed by atoms with E-state index < -0.39 is 0 Å². The van der Waals surface area contributed by atoms with Gasteiger partial charge in [-0.3, -0.25) is 4.90 Å². The van der Waals surface area contributed by atoms with Gasteiger partial charge in [0.05, 0.1) is 0 Å². The molecule has 0 aliphatic carbocycles. The molecule has 5 nitrogen and oxygen atoms in total. The normalized spacial score (nSPS) is 21.5. The number of piperidine rings is 1. The maximum absolute atomic E-state index is 11.6. The van der Waals surface area contributed by atoms with Crippen LogP contribution in [0.25, 0.3) is 0 Å². The highest BCUT2D eigenvalue weighted by molar-refractivity contribution is 5.73. The fraction of sp³-hybridized carbons (Fsp3) is 0.632. The molecular formula is C19H31N3O2. The van der Waals surface area contributed by atoms with Gasteiger partial charge in [0.1, 0.15) is 0 Å². The van der Waals surface area contributed by atoms with Crippen LogP contribution in [0.4, 0.5) is 4.79 Å². The number of aliphatic hydroxyl groups is 1. The van der Waals surface area contributed by atoms with Gasteiger partial charge in [-0.1, -0.05) is 38.1 Å². The Kier molecular flexibility index (Phi) is 7.53. The van der Waals surface area contributed by atoms with E-state index in [2.05, 4.69) is 53.6 Å². The van der Waals surface area contributed by atoms with Crippen molar-refractivity contribution in [2.45, 2.75) is 39.8 Å². The molecule has 1 aliphatic heterocycles. The second kappa shape index (κ2) is 9.64. The molecule has 0 spiro atoms. The molecule has 2 rings (SSSR count). The fourth-order valence-corrected chi connectivity index (χ4v) is 3.47. The van der Waals surface area contributed by atoms with Gasteiger partial charge in [-0.2, -0.15) is 0 Å². The summed E-state index contributed by atoms with van der Waals surface area (Å²) in [5.74, 6) is 1.56. The van der Waals surface area contributed by atoms with Gasteiger partial charge in [0.15, 0.2) is 0 Å². The van der Waals surface area contributed by atoms with Crippen molar-refractivity contribution in [3.05, 3.63) is 35.4 Å². The minimum absolute atomic E-state index is 0.0936. The van der Waals surface area contributed by atoms with Gasteiger partial charge in [0, 0.05) is 39.3 Å². The molecule has 0 bridgehead atoms. The van der Waals surface area contributed by atoms with E-state index in [1.165, 1.54) is 25.1 Å². The lowest BCUT2D eigenvalue weighted by atomic mass is 9.91. The van der Waals surface area contributed by atoms with E-state index in [9.17, 15) is 4.79 Å². The average molecular weight is 333 g/mol. The lowest BCUT2D eigenvalue weighted by Crippen LogP contribution is -2.38. The van der Waals surface area contributed by atoms with Crippen molar-refractivity contribution in [1.82, 2.24) is 15.5 Å². The summed E-state index contributed by atoms with van der Waals surface area (Å²) in [5.41, 5.74) is 2.42. The monoisotopic (exact) mass is 333 g/mol. The molecule has 3 N–H and O–H groups in total. The summed E-state index contributed by atoms with van der Waals surface area (Å²) in [5, 5.41) is 14.2. The van der Waals surface area contributed by atoms with Crippen LogP contribution >= 0.6 is 0 Å². The number of rotatable bonds is 7. The van der Waals surface area contributed by atoms with Crippen LogP contribution in [0.5, 0.6) is 0 Å². The van der Waals surface area contributed by atoms with E-state index >= 15 is 0 Å². The van der Waals surface area contributed by atoms with Crippen LogP contribution in [0, 0.1) is 11.8 Å². The first-order valence-corrected chi connectivity index (χ1v) is 8.99. The summed E-state index contributed by atoms with van der Waals surface area (Å²) in [4.78, 5) is 14.1. The molecule has 1 aromatic carbocycles. The van der Waals surface area contributed by atoms with Crippen molar-refractivity contribution < 1.29 is 9.90 Å². The van der Waals surface area contributed by atoms with Crippen LogP contribution in [0.15, 0.2) is 24.3 Å². The minimum Gasteiger partial charge on any atom is -0.396 e. The summed E-state index contributed by atoms with van der Waals surface area (Å²) in [7, 11) is 0. The highest BCUT2D eigenvalue weighted by Crippen LogP contribution is 2.22. The Morgan fingerprint density at radius 1 is 1.12 bits per heavy atom. The molecule has 24 heavy (non-hydrogen) atoms. The number of carbonyl (C=O) groups excluding carboxylic acids is 1. The Bertz CT molecular complexity index is 494. The Morgan fingerprint density at radius 2 is 1.75 bits per heavy atom. The van der Waals surface area contributed by atoms with Gasteiger partial charge in [-0.25, -0.2) is 4.79 Å². The quantitative estimate of drug-likeness (QED) is 0.671. The molecule has 134 valence electrons. The number of aliphatic hydroxyl groups excluding tert-OH is 1. The van der Waals surface area contributed by atoms with Crippen molar-refractivity contribution >= 4 is 6.03 Å². The molecule has 1 heterocycles. The molecule has 2 atom stereocenters. The molecule has 0 aromatic heterocycles. The zero-order valence-corrected chi connectivity index (χ0v) is 14.9. The van der Waals surface area contributed by atoms with E-state index in [4.69, 9.17) is 5.11 Å². The molecule has 1 aliphatic rings. The van der Waals surface area contributed by atoms with Gasteiger partial charge in [0.2, 0.25) is 0 Å². The highest BCUT2D eigenvalue weighted by Gasteiger charge is 2.21. The van der Waals surface area contributed by atoms with Crippen molar-refractivity contribution in [2.75, 3.05) is 26.2 Å². The summed E-state index contributed by atoms with van der Waals surface area (Å²) in [6, 6.07) is 8.29. The molecular weight excluding hydrogens is 302 g/mol. The highest BCUT2D eigenvalue weighted by atomic mass is 16.3. The number of urea groups is 1. The number of carbonyl (C=O) groups is 1. The Morgan fingerprint density at radius 3 is 2.38 bits per heavy atom. The molecule has 1 saturated heterocycles. The number of hydrogen-bond acceptors (Lipinski definition) is 3. The Hall–Kier alpha value is -1.59. The molecule has 0 saturated carbocycles. The molecule has 2 amide bonds. The SMILES string of the molecule is CC1CC(C)CN(Cc2ccc(CNC(=O)NCCCO)cc2)C1. The predicted molar refractivity (Wildman–Crippen MR) is 96.6 cm³/mol. The number of likely N-dealkylation sites (tertiary alicyclic amines) is 1. The number of hydrogen-bond donors (Lipinski definition) is 3. The topological polar surface area (TPSA) is 64.6 Å².